The third-order valence-electron chi connectivity index (χ3n) is 9.02. The first kappa shape index (κ1) is 53.0. The van der Waals surface area contributed by atoms with Gasteiger partial charge in [-0.05, 0) is 38.5 Å². The second kappa shape index (κ2) is 43.1. The highest BCUT2D eigenvalue weighted by atomic mass is 16.5. The SMILES string of the molecule is CC\C=C/C=C/C=C/C=C\C=C\C=C\CCCCCC(=O)OC(C/C=C/C=C\C=C/C=C/C=C/CC)CC(=O)NC(CO)C(O)CCCCCCCCCCCC. The van der Waals surface area contributed by atoms with Gasteiger partial charge >= 0.3 is 5.97 Å². The molecule has 0 bridgehead atoms. The Morgan fingerprint density at radius 2 is 0.982 bits per heavy atom. The standard InChI is InChI=1S/C51H79NO5/c1-4-7-10-13-16-19-22-23-24-25-26-27-29-32-35-38-41-44-51(56)57-47(42-39-36-33-30-28-20-17-14-11-8-5-2)45-50(55)52-48(46-53)49(54)43-40-37-34-31-21-18-15-12-9-6-3/h7-8,10-11,13-14,16-17,19-20,22-30,33,36,39,47-49,53-54H,4-6,9,12,15,18,21,31-32,34-35,37-38,40-46H2,1-3H3,(H,52,55)/b10-7-,11-8+,16-13+,17-14+,22-19+,24-23-,26-25+,28-20-,29-27+,33-30-,39-36+. The van der Waals surface area contributed by atoms with Gasteiger partial charge in [-0.1, -0.05) is 225 Å². The Bertz CT molecular complexity index is 1290. The highest BCUT2D eigenvalue weighted by Crippen LogP contribution is 2.14. The van der Waals surface area contributed by atoms with Gasteiger partial charge in [0.1, 0.15) is 6.10 Å². The molecule has 0 aliphatic rings. The van der Waals surface area contributed by atoms with Crippen LogP contribution in [-0.4, -0.2) is 46.9 Å². The number of carbonyl (C=O) groups excluding carboxylic acids is 2. The minimum Gasteiger partial charge on any atom is -0.461 e. The predicted octanol–water partition coefficient (Wildman–Crippen LogP) is 12.7. The van der Waals surface area contributed by atoms with Gasteiger partial charge in [0.05, 0.1) is 25.2 Å². The number of unbranched alkanes of at least 4 members (excludes halogenated alkanes) is 12. The molecule has 3 N–H and O–H groups in total. The normalized spacial score (nSPS) is 14.7. The summed E-state index contributed by atoms with van der Waals surface area (Å²) in [5.41, 5.74) is 0. The third kappa shape index (κ3) is 38.6. The molecule has 0 saturated heterocycles. The van der Waals surface area contributed by atoms with Gasteiger partial charge in [-0.15, -0.1) is 0 Å². The Morgan fingerprint density at radius 3 is 1.47 bits per heavy atom. The van der Waals surface area contributed by atoms with Crippen molar-refractivity contribution in [2.24, 2.45) is 0 Å². The molecule has 3 atom stereocenters. The molecule has 6 nitrogen and oxygen atoms in total. The molecule has 3 unspecified atom stereocenters. The minimum absolute atomic E-state index is 0.0469. The summed E-state index contributed by atoms with van der Waals surface area (Å²) in [7, 11) is 0. The number of amides is 1. The average Bonchev–Trinajstić information content (AvgIpc) is 3.20. The molecule has 0 rings (SSSR count). The van der Waals surface area contributed by atoms with Crippen LogP contribution in [0, 0.1) is 0 Å². The first-order valence-corrected chi connectivity index (χ1v) is 22.1. The molecule has 0 aromatic carbocycles. The number of rotatable bonds is 36. The molecule has 0 spiro atoms. The zero-order chi connectivity index (χ0) is 41.7. The number of ether oxygens (including phenoxy) is 1. The van der Waals surface area contributed by atoms with Crippen LogP contribution in [0.25, 0.3) is 0 Å². The molecular formula is C51H79NO5. The van der Waals surface area contributed by atoms with Crippen LogP contribution in [0.3, 0.4) is 0 Å². The summed E-state index contributed by atoms with van der Waals surface area (Å²) in [6, 6.07) is -0.757. The maximum Gasteiger partial charge on any atom is 0.306 e. The summed E-state index contributed by atoms with van der Waals surface area (Å²) in [4.78, 5) is 25.9. The van der Waals surface area contributed by atoms with Crippen molar-refractivity contribution in [1.82, 2.24) is 5.32 Å². The van der Waals surface area contributed by atoms with Crippen molar-refractivity contribution in [2.45, 2.75) is 167 Å². The minimum atomic E-state index is -0.833. The van der Waals surface area contributed by atoms with Crippen molar-refractivity contribution in [3.8, 4) is 0 Å². The van der Waals surface area contributed by atoms with E-state index < -0.39 is 18.2 Å². The third-order valence-corrected chi connectivity index (χ3v) is 9.02. The molecule has 0 saturated carbocycles. The van der Waals surface area contributed by atoms with Crippen LogP contribution in [0.15, 0.2) is 134 Å². The Balaban J connectivity index is 4.86. The summed E-state index contributed by atoms with van der Waals surface area (Å²) in [5.74, 6) is -0.680. The van der Waals surface area contributed by atoms with Crippen LogP contribution >= 0.6 is 0 Å². The van der Waals surface area contributed by atoms with E-state index in [9.17, 15) is 19.8 Å². The van der Waals surface area contributed by atoms with Crippen molar-refractivity contribution in [1.29, 1.82) is 0 Å². The van der Waals surface area contributed by atoms with Gasteiger partial charge < -0.3 is 20.3 Å². The molecule has 0 aromatic heterocycles. The Labute approximate surface area is 348 Å². The fourth-order valence-electron chi connectivity index (χ4n) is 5.72. The van der Waals surface area contributed by atoms with E-state index in [0.717, 1.165) is 51.4 Å². The van der Waals surface area contributed by atoms with Gasteiger partial charge in [0.25, 0.3) is 0 Å². The van der Waals surface area contributed by atoms with E-state index in [0.29, 0.717) is 19.3 Å². The van der Waals surface area contributed by atoms with Crippen LogP contribution < -0.4 is 5.32 Å². The molecule has 0 aliphatic heterocycles. The van der Waals surface area contributed by atoms with Crippen LogP contribution in [0.2, 0.25) is 0 Å². The monoisotopic (exact) mass is 786 g/mol. The molecule has 57 heavy (non-hydrogen) atoms. The number of esters is 1. The highest BCUT2D eigenvalue weighted by molar-refractivity contribution is 5.77. The lowest BCUT2D eigenvalue weighted by Crippen LogP contribution is -2.46. The second-order valence-electron chi connectivity index (χ2n) is 14.3. The maximum atomic E-state index is 13.1. The van der Waals surface area contributed by atoms with Gasteiger partial charge in [0, 0.05) is 12.8 Å². The van der Waals surface area contributed by atoms with E-state index in [4.69, 9.17) is 4.74 Å². The molecular weight excluding hydrogens is 707 g/mol. The summed E-state index contributed by atoms with van der Waals surface area (Å²) in [6.07, 6.45) is 61.0. The topological polar surface area (TPSA) is 95.9 Å². The van der Waals surface area contributed by atoms with Crippen LogP contribution in [0.4, 0.5) is 0 Å². The van der Waals surface area contributed by atoms with E-state index in [1.807, 2.05) is 115 Å². The van der Waals surface area contributed by atoms with Gasteiger partial charge in [-0.3, -0.25) is 9.59 Å². The summed E-state index contributed by atoms with van der Waals surface area (Å²) in [5, 5.41) is 23.5. The molecule has 318 valence electrons. The quantitative estimate of drug-likeness (QED) is 0.0334. The van der Waals surface area contributed by atoms with E-state index in [2.05, 4.69) is 44.3 Å². The Hall–Kier alpha value is -4.00. The zero-order valence-corrected chi connectivity index (χ0v) is 35.9. The van der Waals surface area contributed by atoms with Crippen molar-refractivity contribution in [3.63, 3.8) is 0 Å². The molecule has 0 heterocycles. The molecule has 0 aromatic rings. The molecule has 1 amide bonds. The Kier molecular flexibility index (Phi) is 40.1. The van der Waals surface area contributed by atoms with Crippen LogP contribution in [0.1, 0.15) is 149 Å². The van der Waals surface area contributed by atoms with E-state index in [1.54, 1.807) is 0 Å². The summed E-state index contributed by atoms with van der Waals surface area (Å²) >= 11 is 0. The molecule has 6 heteroatoms. The van der Waals surface area contributed by atoms with Gasteiger partial charge in [-0.2, -0.15) is 0 Å². The number of nitrogens with one attached hydrogen (secondary N) is 1. The number of carbonyl (C=O) groups is 2. The highest BCUT2D eigenvalue weighted by Gasteiger charge is 2.23. The Morgan fingerprint density at radius 1 is 0.544 bits per heavy atom. The van der Waals surface area contributed by atoms with Crippen LogP contribution in [-0.2, 0) is 14.3 Å². The average molecular weight is 786 g/mol. The van der Waals surface area contributed by atoms with E-state index >= 15 is 0 Å². The maximum absolute atomic E-state index is 13.1. The number of allylic oxidation sites excluding steroid dienone is 21. The van der Waals surface area contributed by atoms with E-state index in [1.165, 1.54) is 44.9 Å². The van der Waals surface area contributed by atoms with Crippen molar-refractivity contribution in [2.75, 3.05) is 6.61 Å². The predicted molar refractivity (Wildman–Crippen MR) is 245 cm³/mol. The van der Waals surface area contributed by atoms with Gasteiger partial charge in [0.2, 0.25) is 5.91 Å². The first-order valence-electron chi connectivity index (χ1n) is 22.1. The largest absolute Gasteiger partial charge is 0.461 e. The van der Waals surface area contributed by atoms with Crippen LogP contribution in [0.5, 0.6) is 0 Å². The second-order valence-corrected chi connectivity index (χ2v) is 14.3. The smallest absolute Gasteiger partial charge is 0.306 e. The number of hydrogen-bond donors (Lipinski definition) is 3. The first-order chi connectivity index (χ1) is 28.0. The van der Waals surface area contributed by atoms with Crippen molar-refractivity contribution in [3.05, 3.63) is 134 Å². The van der Waals surface area contributed by atoms with E-state index in [-0.39, 0.29) is 31.3 Å². The number of hydrogen-bond acceptors (Lipinski definition) is 5. The fraction of sp³-hybridized carbons (Fsp3) is 0.529. The fourth-order valence-corrected chi connectivity index (χ4v) is 5.72. The number of aliphatic hydroxyl groups is 2. The van der Waals surface area contributed by atoms with Crippen molar-refractivity contribution < 1.29 is 24.5 Å². The molecule has 0 radical (unpaired) electrons. The molecule has 0 fully saturated rings. The van der Waals surface area contributed by atoms with Gasteiger partial charge in [-0.25, -0.2) is 0 Å². The lowest BCUT2D eigenvalue weighted by atomic mass is 10.0. The summed E-state index contributed by atoms with van der Waals surface area (Å²) < 4.78 is 5.79. The lowest BCUT2D eigenvalue weighted by Gasteiger charge is -2.24. The zero-order valence-electron chi connectivity index (χ0n) is 35.9. The summed E-state index contributed by atoms with van der Waals surface area (Å²) in [6.45, 7) is 6.09. The van der Waals surface area contributed by atoms with Crippen molar-refractivity contribution >= 4 is 11.9 Å². The lowest BCUT2D eigenvalue weighted by molar-refractivity contribution is -0.150. The number of aliphatic hydroxyl groups excluding tert-OH is 2. The molecule has 0 aliphatic carbocycles. The van der Waals surface area contributed by atoms with Gasteiger partial charge in [0.15, 0.2) is 0 Å².